The molecule has 128 valence electrons. The van der Waals surface area contributed by atoms with Crippen molar-refractivity contribution < 1.29 is 18.9 Å². The molecular weight excluding hydrogens is 348 g/mol. The first-order valence-corrected chi connectivity index (χ1v) is 7.61. The third-order valence-electron chi connectivity index (χ3n) is 3.43. The highest BCUT2D eigenvalue weighted by molar-refractivity contribution is 6.30. The van der Waals surface area contributed by atoms with E-state index in [2.05, 4.69) is 5.16 Å². The number of methoxy groups -OCH3 is 1. The van der Waals surface area contributed by atoms with Crippen molar-refractivity contribution >= 4 is 17.3 Å². The van der Waals surface area contributed by atoms with E-state index in [1.54, 1.807) is 18.2 Å². The maximum Gasteiger partial charge on any atom is 0.273 e. The molecule has 2 aromatic carbocycles. The molecule has 0 amide bonds. The van der Waals surface area contributed by atoms with E-state index in [1.165, 1.54) is 25.3 Å². The molecule has 0 atom stereocenters. The number of aromatic nitrogens is 1. The summed E-state index contributed by atoms with van der Waals surface area (Å²) in [6.45, 7) is 0.0537. The van der Waals surface area contributed by atoms with E-state index < -0.39 is 4.92 Å². The van der Waals surface area contributed by atoms with Crippen molar-refractivity contribution in [1.29, 1.82) is 0 Å². The van der Waals surface area contributed by atoms with Gasteiger partial charge in [0.05, 0.1) is 18.1 Å². The Kier molecular flexibility index (Phi) is 4.85. The lowest BCUT2D eigenvalue weighted by Gasteiger charge is -2.08. The highest BCUT2D eigenvalue weighted by Crippen LogP contribution is 2.32. The SMILES string of the molecule is COc1ccc([N+](=O)[O-])cc1OCc1cc(-c2ccc(Cl)cc2)no1. The van der Waals surface area contributed by atoms with Crippen LogP contribution in [0.3, 0.4) is 0 Å². The molecule has 3 aromatic rings. The van der Waals surface area contributed by atoms with Crippen molar-refractivity contribution in [3.8, 4) is 22.8 Å². The predicted molar refractivity (Wildman–Crippen MR) is 90.9 cm³/mol. The molecule has 25 heavy (non-hydrogen) atoms. The predicted octanol–water partition coefficient (Wildman–Crippen LogP) is 4.49. The summed E-state index contributed by atoms with van der Waals surface area (Å²) in [6, 6.07) is 13.0. The number of nitro benzene ring substituents is 1. The fourth-order valence-electron chi connectivity index (χ4n) is 2.18. The van der Waals surface area contributed by atoms with Crippen LogP contribution in [0.4, 0.5) is 5.69 Å². The standard InChI is InChI=1S/C17H13ClN2O5/c1-23-16-7-6-13(20(21)22)8-17(16)24-10-14-9-15(19-25-14)11-2-4-12(18)5-3-11/h2-9H,10H2,1H3. The molecule has 0 fully saturated rings. The Labute approximate surface area is 147 Å². The van der Waals surface area contributed by atoms with E-state index in [0.29, 0.717) is 22.2 Å². The third kappa shape index (κ3) is 3.89. The van der Waals surface area contributed by atoms with E-state index in [0.717, 1.165) is 5.56 Å². The van der Waals surface area contributed by atoms with E-state index in [1.807, 2.05) is 12.1 Å². The van der Waals surface area contributed by atoms with Crippen molar-refractivity contribution in [2.45, 2.75) is 6.61 Å². The summed E-state index contributed by atoms with van der Waals surface area (Å²) >= 11 is 5.86. The van der Waals surface area contributed by atoms with Crippen LogP contribution in [0.1, 0.15) is 5.76 Å². The zero-order chi connectivity index (χ0) is 17.8. The summed E-state index contributed by atoms with van der Waals surface area (Å²) < 4.78 is 16.0. The molecule has 0 spiro atoms. The molecule has 1 aromatic heterocycles. The fourth-order valence-corrected chi connectivity index (χ4v) is 2.30. The Hall–Kier alpha value is -3.06. The normalized spacial score (nSPS) is 10.5. The molecule has 0 N–H and O–H groups in total. The minimum Gasteiger partial charge on any atom is -0.493 e. The highest BCUT2D eigenvalue weighted by Gasteiger charge is 2.14. The number of hydrogen-bond donors (Lipinski definition) is 0. The van der Waals surface area contributed by atoms with Gasteiger partial charge >= 0.3 is 0 Å². The van der Waals surface area contributed by atoms with Crippen LogP contribution < -0.4 is 9.47 Å². The molecule has 0 aliphatic rings. The van der Waals surface area contributed by atoms with E-state index >= 15 is 0 Å². The van der Waals surface area contributed by atoms with Crippen LogP contribution in [-0.2, 0) is 6.61 Å². The molecule has 0 saturated heterocycles. The van der Waals surface area contributed by atoms with Crippen LogP contribution in [0, 0.1) is 10.1 Å². The maximum absolute atomic E-state index is 10.9. The van der Waals surface area contributed by atoms with Gasteiger partial charge in [-0.1, -0.05) is 28.9 Å². The number of hydrogen-bond acceptors (Lipinski definition) is 6. The van der Waals surface area contributed by atoms with Crippen LogP contribution in [0.25, 0.3) is 11.3 Å². The second-order valence-corrected chi connectivity index (χ2v) is 5.50. The maximum atomic E-state index is 10.9. The van der Waals surface area contributed by atoms with Gasteiger partial charge in [0, 0.05) is 22.7 Å². The van der Waals surface area contributed by atoms with Crippen molar-refractivity contribution in [3.05, 3.63) is 69.4 Å². The first-order chi connectivity index (χ1) is 12.1. The van der Waals surface area contributed by atoms with Gasteiger partial charge in [-0.25, -0.2) is 0 Å². The lowest BCUT2D eigenvalue weighted by atomic mass is 10.1. The average Bonchev–Trinajstić information content (AvgIpc) is 3.09. The summed E-state index contributed by atoms with van der Waals surface area (Å²) in [5.74, 6) is 1.11. The lowest BCUT2D eigenvalue weighted by Crippen LogP contribution is -1.98. The Morgan fingerprint density at radius 2 is 1.92 bits per heavy atom. The van der Waals surface area contributed by atoms with Gasteiger partial charge < -0.3 is 14.0 Å². The van der Waals surface area contributed by atoms with Gasteiger partial charge in [0.25, 0.3) is 5.69 Å². The van der Waals surface area contributed by atoms with Gasteiger partial charge in [-0.2, -0.15) is 0 Å². The molecule has 0 saturated carbocycles. The second-order valence-electron chi connectivity index (χ2n) is 5.07. The number of halogens is 1. The smallest absolute Gasteiger partial charge is 0.273 e. The fraction of sp³-hybridized carbons (Fsp3) is 0.118. The van der Waals surface area contributed by atoms with Crippen LogP contribution >= 0.6 is 11.6 Å². The molecule has 1 heterocycles. The number of benzene rings is 2. The molecular formula is C17H13ClN2O5. The molecule has 0 aliphatic heterocycles. The second kappa shape index (κ2) is 7.23. The number of ether oxygens (including phenoxy) is 2. The minimum atomic E-state index is -0.501. The molecule has 0 aliphatic carbocycles. The summed E-state index contributed by atoms with van der Waals surface area (Å²) in [6.07, 6.45) is 0. The molecule has 8 heteroatoms. The van der Waals surface area contributed by atoms with Gasteiger partial charge in [-0.15, -0.1) is 0 Å². The Morgan fingerprint density at radius 3 is 2.60 bits per heavy atom. The van der Waals surface area contributed by atoms with E-state index in [-0.39, 0.29) is 18.0 Å². The van der Waals surface area contributed by atoms with Crippen molar-refractivity contribution in [3.63, 3.8) is 0 Å². The summed E-state index contributed by atoms with van der Waals surface area (Å²) in [4.78, 5) is 10.4. The minimum absolute atomic E-state index is 0.0537. The average molecular weight is 361 g/mol. The Balaban J connectivity index is 1.75. The monoisotopic (exact) mass is 360 g/mol. The summed E-state index contributed by atoms with van der Waals surface area (Å²) in [5, 5.41) is 15.5. The summed E-state index contributed by atoms with van der Waals surface area (Å²) in [5.41, 5.74) is 1.41. The Morgan fingerprint density at radius 1 is 1.16 bits per heavy atom. The Bertz CT molecular complexity index is 892. The topological polar surface area (TPSA) is 87.6 Å². The van der Waals surface area contributed by atoms with Crippen LogP contribution in [0.2, 0.25) is 5.02 Å². The van der Waals surface area contributed by atoms with Crippen LogP contribution in [0.15, 0.2) is 53.1 Å². The van der Waals surface area contributed by atoms with Gasteiger partial charge in [0.1, 0.15) is 12.3 Å². The van der Waals surface area contributed by atoms with Crippen molar-refractivity contribution in [2.24, 2.45) is 0 Å². The first kappa shape index (κ1) is 16.8. The first-order valence-electron chi connectivity index (χ1n) is 7.23. The van der Waals surface area contributed by atoms with Gasteiger partial charge in [0.15, 0.2) is 17.3 Å². The summed E-state index contributed by atoms with van der Waals surface area (Å²) in [7, 11) is 1.46. The van der Waals surface area contributed by atoms with Gasteiger partial charge in [-0.05, 0) is 18.2 Å². The quantitative estimate of drug-likeness (QED) is 0.475. The number of rotatable bonds is 6. The lowest BCUT2D eigenvalue weighted by molar-refractivity contribution is -0.385. The van der Waals surface area contributed by atoms with Crippen molar-refractivity contribution in [2.75, 3.05) is 7.11 Å². The molecule has 0 bridgehead atoms. The third-order valence-corrected chi connectivity index (χ3v) is 3.68. The molecule has 7 nitrogen and oxygen atoms in total. The number of non-ortho nitro benzene ring substituents is 1. The van der Waals surface area contributed by atoms with E-state index in [4.69, 9.17) is 25.6 Å². The number of nitro groups is 1. The molecule has 0 radical (unpaired) electrons. The number of nitrogens with zero attached hydrogens (tertiary/aromatic N) is 2. The van der Waals surface area contributed by atoms with E-state index in [9.17, 15) is 10.1 Å². The van der Waals surface area contributed by atoms with Gasteiger partial charge in [-0.3, -0.25) is 10.1 Å². The van der Waals surface area contributed by atoms with Crippen LogP contribution in [-0.4, -0.2) is 17.2 Å². The highest BCUT2D eigenvalue weighted by atomic mass is 35.5. The zero-order valence-electron chi connectivity index (χ0n) is 13.1. The van der Waals surface area contributed by atoms with Crippen molar-refractivity contribution in [1.82, 2.24) is 5.16 Å². The van der Waals surface area contributed by atoms with Crippen LogP contribution in [0.5, 0.6) is 11.5 Å². The van der Waals surface area contributed by atoms with Gasteiger partial charge in [0.2, 0.25) is 0 Å². The zero-order valence-corrected chi connectivity index (χ0v) is 13.9. The largest absolute Gasteiger partial charge is 0.493 e. The molecule has 3 rings (SSSR count). The molecule has 0 unspecified atom stereocenters.